The van der Waals surface area contributed by atoms with Gasteiger partial charge in [-0.15, -0.1) is 0 Å². The van der Waals surface area contributed by atoms with Crippen molar-refractivity contribution >= 4 is 23.7 Å². The van der Waals surface area contributed by atoms with E-state index in [1.165, 1.54) is 16.4 Å². The number of anilines is 1. The fourth-order valence-electron chi connectivity index (χ4n) is 2.58. The fourth-order valence-corrected chi connectivity index (χ4v) is 3.31. The maximum atomic E-state index is 14.2. The van der Waals surface area contributed by atoms with Crippen LogP contribution in [0.25, 0.3) is 0 Å². The normalized spacial score (nSPS) is 22.0. The number of nitrogens with one attached hydrogen (secondary N) is 2. The first kappa shape index (κ1) is 15.4. The third kappa shape index (κ3) is 3.45. The summed E-state index contributed by atoms with van der Waals surface area (Å²) in [6.45, 7) is 1.93. The average Bonchev–Trinajstić information content (AvgIpc) is 2.92. The van der Waals surface area contributed by atoms with Crippen LogP contribution in [0.5, 0.6) is 5.75 Å². The standard InChI is InChI=1S/C14H18FN3O3S/c15-11-4-9(6-16-10-2-1-3-21-8-10)5-12(19)14(11)18-7-13(20)17-22-18/h4-5,10,16,19H,1-3,6-8H2,(H,17,20)/t10-/m1/s1. The van der Waals surface area contributed by atoms with Crippen molar-refractivity contribution in [3.05, 3.63) is 23.5 Å². The van der Waals surface area contributed by atoms with Gasteiger partial charge in [0.2, 0.25) is 0 Å². The van der Waals surface area contributed by atoms with E-state index in [4.69, 9.17) is 4.74 Å². The molecule has 8 heteroatoms. The monoisotopic (exact) mass is 327 g/mol. The molecule has 0 radical (unpaired) electrons. The molecule has 0 spiro atoms. The quantitative estimate of drug-likeness (QED) is 0.724. The van der Waals surface area contributed by atoms with E-state index in [0.29, 0.717) is 18.7 Å². The summed E-state index contributed by atoms with van der Waals surface area (Å²) in [5.41, 5.74) is 0.695. The van der Waals surface area contributed by atoms with Gasteiger partial charge in [-0.3, -0.25) is 13.8 Å². The summed E-state index contributed by atoms with van der Waals surface area (Å²) in [4.78, 5) is 11.2. The highest BCUT2D eigenvalue weighted by Gasteiger charge is 2.26. The number of aromatic hydroxyl groups is 1. The zero-order valence-electron chi connectivity index (χ0n) is 12.0. The number of phenols is 1. The first-order valence-electron chi connectivity index (χ1n) is 7.19. The van der Waals surface area contributed by atoms with Gasteiger partial charge in [0.1, 0.15) is 18.0 Å². The Morgan fingerprint density at radius 2 is 2.41 bits per heavy atom. The Bertz CT molecular complexity index is 543. The molecule has 120 valence electrons. The Morgan fingerprint density at radius 3 is 3.05 bits per heavy atom. The highest BCUT2D eigenvalue weighted by atomic mass is 32.2. The minimum Gasteiger partial charge on any atom is -0.506 e. The van der Waals surface area contributed by atoms with Gasteiger partial charge >= 0.3 is 0 Å². The Hall–Kier alpha value is -1.51. The van der Waals surface area contributed by atoms with Crippen molar-refractivity contribution < 1.29 is 19.0 Å². The predicted octanol–water partition coefficient (Wildman–Crippen LogP) is 1.30. The third-order valence-electron chi connectivity index (χ3n) is 3.66. The molecule has 2 aliphatic rings. The lowest BCUT2D eigenvalue weighted by Gasteiger charge is -2.23. The van der Waals surface area contributed by atoms with Crippen LogP contribution in [0.3, 0.4) is 0 Å². The molecule has 0 unspecified atom stereocenters. The largest absolute Gasteiger partial charge is 0.506 e. The van der Waals surface area contributed by atoms with Crippen LogP contribution in [0.4, 0.5) is 10.1 Å². The molecule has 2 heterocycles. The molecule has 0 bridgehead atoms. The molecule has 22 heavy (non-hydrogen) atoms. The Labute approximate surface area is 132 Å². The summed E-state index contributed by atoms with van der Waals surface area (Å²) in [5.74, 6) is -0.923. The van der Waals surface area contributed by atoms with Gasteiger partial charge in [0.05, 0.1) is 18.7 Å². The van der Waals surface area contributed by atoms with Gasteiger partial charge in [-0.25, -0.2) is 4.39 Å². The second-order valence-corrected chi connectivity index (χ2v) is 6.22. The number of nitrogens with zero attached hydrogens (tertiary/aromatic N) is 1. The molecule has 2 aliphatic heterocycles. The first-order valence-corrected chi connectivity index (χ1v) is 7.96. The van der Waals surface area contributed by atoms with Gasteiger partial charge < -0.3 is 15.2 Å². The zero-order valence-corrected chi connectivity index (χ0v) is 12.8. The smallest absolute Gasteiger partial charge is 0.251 e. The lowest BCUT2D eigenvalue weighted by molar-refractivity contribution is -0.117. The van der Waals surface area contributed by atoms with E-state index < -0.39 is 5.82 Å². The SMILES string of the molecule is O=C1CN(c2c(O)cc(CN[C@@H]3CCCOC3)cc2F)SN1. The molecule has 0 saturated carbocycles. The van der Waals surface area contributed by atoms with Crippen LogP contribution < -0.4 is 14.3 Å². The molecule has 2 fully saturated rings. The van der Waals surface area contributed by atoms with Gasteiger partial charge in [0.15, 0.2) is 5.82 Å². The Balaban J connectivity index is 1.67. The number of rotatable bonds is 4. The molecule has 1 atom stereocenters. The molecular formula is C14H18FN3O3S. The van der Waals surface area contributed by atoms with Gasteiger partial charge in [0, 0.05) is 19.2 Å². The van der Waals surface area contributed by atoms with Crippen molar-refractivity contribution in [1.82, 2.24) is 10.0 Å². The molecule has 1 aromatic rings. The lowest BCUT2D eigenvalue weighted by atomic mass is 10.1. The highest BCUT2D eigenvalue weighted by Crippen LogP contribution is 2.36. The van der Waals surface area contributed by atoms with Crippen molar-refractivity contribution in [3.8, 4) is 5.75 Å². The van der Waals surface area contributed by atoms with Crippen LogP contribution >= 0.6 is 12.1 Å². The summed E-state index contributed by atoms with van der Waals surface area (Å²) in [5, 5.41) is 13.4. The van der Waals surface area contributed by atoms with Gasteiger partial charge in [-0.05, 0) is 30.5 Å². The number of ether oxygens (including phenoxy) is 1. The summed E-state index contributed by atoms with van der Waals surface area (Å²) in [7, 11) is 0. The van der Waals surface area contributed by atoms with Crippen molar-refractivity contribution in [3.63, 3.8) is 0 Å². The van der Waals surface area contributed by atoms with E-state index in [1.54, 1.807) is 0 Å². The maximum Gasteiger partial charge on any atom is 0.251 e. The van der Waals surface area contributed by atoms with Crippen LogP contribution in [0.1, 0.15) is 18.4 Å². The topological polar surface area (TPSA) is 73.8 Å². The average molecular weight is 327 g/mol. The van der Waals surface area contributed by atoms with E-state index in [0.717, 1.165) is 31.6 Å². The number of phenolic OH excluding ortho intramolecular Hbond substituents is 1. The molecule has 0 aromatic heterocycles. The second kappa shape index (κ2) is 6.72. The number of amides is 1. The lowest BCUT2D eigenvalue weighted by Crippen LogP contribution is -2.36. The van der Waals surface area contributed by atoms with Crippen molar-refractivity contribution in [2.45, 2.75) is 25.4 Å². The van der Waals surface area contributed by atoms with Crippen LogP contribution in [-0.2, 0) is 16.1 Å². The van der Waals surface area contributed by atoms with Crippen LogP contribution in [0.2, 0.25) is 0 Å². The van der Waals surface area contributed by atoms with E-state index in [9.17, 15) is 14.3 Å². The van der Waals surface area contributed by atoms with E-state index in [-0.39, 0.29) is 29.9 Å². The predicted molar refractivity (Wildman–Crippen MR) is 81.8 cm³/mol. The molecule has 3 rings (SSSR count). The van der Waals surface area contributed by atoms with Crippen molar-refractivity contribution in [1.29, 1.82) is 0 Å². The Morgan fingerprint density at radius 1 is 1.55 bits per heavy atom. The number of benzene rings is 1. The van der Waals surface area contributed by atoms with Gasteiger partial charge in [0.25, 0.3) is 5.91 Å². The van der Waals surface area contributed by atoms with Crippen molar-refractivity contribution in [2.75, 3.05) is 24.1 Å². The van der Waals surface area contributed by atoms with Crippen molar-refractivity contribution in [2.24, 2.45) is 0 Å². The van der Waals surface area contributed by atoms with Gasteiger partial charge in [-0.1, -0.05) is 0 Å². The minimum absolute atomic E-state index is 0.0200. The second-order valence-electron chi connectivity index (χ2n) is 5.39. The molecule has 1 amide bonds. The first-order chi connectivity index (χ1) is 10.6. The number of carbonyl (C=O) groups excluding carboxylic acids is 1. The third-order valence-corrected chi connectivity index (χ3v) is 4.52. The van der Waals surface area contributed by atoms with E-state index in [1.807, 2.05) is 0 Å². The van der Waals surface area contributed by atoms with Gasteiger partial charge in [-0.2, -0.15) is 0 Å². The van der Waals surface area contributed by atoms with Crippen LogP contribution in [0.15, 0.2) is 12.1 Å². The zero-order chi connectivity index (χ0) is 15.5. The number of halogens is 1. The molecule has 1 aromatic carbocycles. The van der Waals surface area contributed by atoms with E-state index in [2.05, 4.69) is 10.0 Å². The Kier molecular flexibility index (Phi) is 4.70. The summed E-state index contributed by atoms with van der Waals surface area (Å²) in [6, 6.07) is 3.17. The number of carbonyl (C=O) groups is 1. The number of hydrogen-bond donors (Lipinski definition) is 3. The molecule has 3 N–H and O–H groups in total. The highest BCUT2D eigenvalue weighted by molar-refractivity contribution is 7.99. The molecular weight excluding hydrogens is 309 g/mol. The molecule has 6 nitrogen and oxygen atoms in total. The van der Waals surface area contributed by atoms with Crippen LogP contribution in [0, 0.1) is 5.82 Å². The summed E-state index contributed by atoms with van der Waals surface area (Å²) >= 11 is 0.975. The number of hydrogen-bond acceptors (Lipinski definition) is 6. The maximum absolute atomic E-state index is 14.2. The minimum atomic E-state index is -0.541. The van der Waals surface area contributed by atoms with E-state index >= 15 is 0 Å². The summed E-state index contributed by atoms with van der Waals surface area (Å²) in [6.07, 6.45) is 2.05. The summed E-state index contributed by atoms with van der Waals surface area (Å²) < 4.78 is 23.5. The fraction of sp³-hybridized carbons (Fsp3) is 0.500. The molecule has 2 saturated heterocycles. The molecule has 0 aliphatic carbocycles. The van der Waals surface area contributed by atoms with Crippen LogP contribution in [-0.4, -0.2) is 36.8 Å².